The van der Waals surface area contributed by atoms with Gasteiger partial charge in [0.05, 0.1) is 6.04 Å². The number of nitrogens with one attached hydrogen (secondary N) is 2. The van der Waals surface area contributed by atoms with Gasteiger partial charge in [-0.3, -0.25) is 9.69 Å². The predicted molar refractivity (Wildman–Crippen MR) is 91.0 cm³/mol. The molecule has 1 saturated heterocycles. The van der Waals surface area contributed by atoms with E-state index in [1.54, 1.807) is 0 Å². The van der Waals surface area contributed by atoms with Crippen LogP contribution in [0, 0.1) is 0 Å². The quantitative estimate of drug-likeness (QED) is 0.845. The molecule has 122 valence electrons. The molecule has 2 atom stereocenters. The average Bonchev–Trinajstić information content (AvgIpc) is 2.91. The van der Waals surface area contributed by atoms with Crippen LogP contribution >= 0.6 is 11.6 Å². The van der Waals surface area contributed by atoms with Gasteiger partial charge in [0.1, 0.15) is 0 Å². The van der Waals surface area contributed by atoms with Crippen molar-refractivity contribution in [3.63, 3.8) is 0 Å². The number of hydrogen-bond donors (Lipinski definition) is 2. The van der Waals surface area contributed by atoms with Crippen LogP contribution < -0.4 is 10.6 Å². The topological polar surface area (TPSA) is 44.4 Å². The van der Waals surface area contributed by atoms with Gasteiger partial charge in [0.2, 0.25) is 5.91 Å². The number of likely N-dealkylation sites (tertiary alicyclic amines) is 1. The van der Waals surface area contributed by atoms with Gasteiger partial charge in [-0.15, -0.1) is 0 Å². The summed E-state index contributed by atoms with van der Waals surface area (Å²) in [5.41, 5.74) is 1.10. The summed E-state index contributed by atoms with van der Waals surface area (Å²) in [7, 11) is 0. The van der Waals surface area contributed by atoms with Crippen molar-refractivity contribution in [3.05, 3.63) is 34.9 Å². The van der Waals surface area contributed by atoms with Gasteiger partial charge in [0, 0.05) is 36.7 Å². The summed E-state index contributed by atoms with van der Waals surface area (Å²) < 4.78 is 0. The van der Waals surface area contributed by atoms with E-state index in [0.717, 1.165) is 30.1 Å². The van der Waals surface area contributed by atoms with Crippen LogP contribution in [0.5, 0.6) is 0 Å². The second-order valence-corrected chi connectivity index (χ2v) is 6.51. The zero-order chi connectivity index (χ0) is 16.1. The number of benzene rings is 1. The van der Waals surface area contributed by atoms with Gasteiger partial charge in [0.25, 0.3) is 0 Å². The van der Waals surface area contributed by atoms with Crippen LogP contribution in [0.25, 0.3) is 0 Å². The fourth-order valence-electron chi connectivity index (χ4n) is 3.03. The molecule has 1 amide bonds. The minimum absolute atomic E-state index is 0.0382. The van der Waals surface area contributed by atoms with Crippen molar-refractivity contribution in [2.75, 3.05) is 13.1 Å². The van der Waals surface area contributed by atoms with Gasteiger partial charge >= 0.3 is 0 Å². The molecule has 2 N–H and O–H groups in total. The van der Waals surface area contributed by atoms with E-state index in [2.05, 4.69) is 29.4 Å². The molecule has 0 bridgehead atoms. The average molecular weight is 324 g/mol. The molecule has 1 aliphatic heterocycles. The molecule has 1 fully saturated rings. The molecule has 0 radical (unpaired) electrons. The van der Waals surface area contributed by atoms with Crippen LogP contribution in [-0.4, -0.2) is 42.0 Å². The Labute approximate surface area is 138 Å². The molecule has 22 heavy (non-hydrogen) atoms. The van der Waals surface area contributed by atoms with Crippen LogP contribution in [0.15, 0.2) is 24.3 Å². The number of nitrogens with zero attached hydrogens (tertiary/aromatic N) is 1. The van der Waals surface area contributed by atoms with Gasteiger partial charge in [-0.2, -0.15) is 0 Å². The SMILES string of the molecule is CCNC(=O)[C@@H]1C[C@H](NCc2ccccc2Cl)CN1C(C)C. The first-order chi connectivity index (χ1) is 10.5. The first-order valence-corrected chi connectivity index (χ1v) is 8.41. The molecule has 2 rings (SSSR count). The summed E-state index contributed by atoms with van der Waals surface area (Å²) in [5, 5.41) is 7.28. The molecule has 1 heterocycles. The molecule has 1 aliphatic rings. The predicted octanol–water partition coefficient (Wildman–Crippen LogP) is 2.42. The molecule has 4 nitrogen and oxygen atoms in total. The smallest absolute Gasteiger partial charge is 0.237 e. The second kappa shape index (κ2) is 7.95. The third-order valence-corrected chi connectivity index (χ3v) is 4.56. The Balaban J connectivity index is 1.96. The minimum Gasteiger partial charge on any atom is -0.355 e. The van der Waals surface area contributed by atoms with Crippen LogP contribution in [0.4, 0.5) is 0 Å². The van der Waals surface area contributed by atoms with Crippen molar-refractivity contribution in [3.8, 4) is 0 Å². The first-order valence-electron chi connectivity index (χ1n) is 8.03. The van der Waals surface area contributed by atoms with Crippen molar-refractivity contribution >= 4 is 17.5 Å². The molecular formula is C17H26ClN3O. The maximum atomic E-state index is 12.2. The molecule has 0 unspecified atom stereocenters. The Hall–Kier alpha value is -1.10. The van der Waals surface area contributed by atoms with E-state index in [4.69, 9.17) is 11.6 Å². The van der Waals surface area contributed by atoms with Crippen molar-refractivity contribution in [1.82, 2.24) is 15.5 Å². The number of likely N-dealkylation sites (N-methyl/N-ethyl adjacent to an activating group) is 1. The number of rotatable bonds is 6. The maximum absolute atomic E-state index is 12.2. The van der Waals surface area contributed by atoms with Crippen molar-refractivity contribution in [2.45, 2.75) is 51.9 Å². The Kier molecular flexibility index (Phi) is 6.24. The third kappa shape index (κ3) is 4.22. The highest BCUT2D eigenvalue weighted by atomic mass is 35.5. The van der Waals surface area contributed by atoms with Gasteiger partial charge in [-0.05, 0) is 38.8 Å². The number of carbonyl (C=O) groups excluding carboxylic acids is 1. The number of hydrogen-bond acceptors (Lipinski definition) is 3. The fourth-order valence-corrected chi connectivity index (χ4v) is 3.23. The van der Waals surface area contributed by atoms with E-state index in [0.29, 0.717) is 18.6 Å². The van der Waals surface area contributed by atoms with Crippen LogP contribution in [0.2, 0.25) is 5.02 Å². The monoisotopic (exact) mass is 323 g/mol. The second-order valence-electron chi connectivity index (χ2n) is 6.11. The molecular weight excluding hydrogens is 298 g/mol. The molecule has 0 spiro atoms. The molecule has 1 aromatic rings. The van der Waals surface area contributed by atoms with Crippen LogP contribution in [0.3, 0.4) is 0 Å². The largest absolute Gasteiger partial charge is 0.355 e. The summed E-state index contributed by atoms with van der Waals surface area (Å²) in [4.78, 5) is 14.5. The Morgan fingerprint density at radius 3 is 2.77 bits per heavy atom. The van der Waals surface area contributed by atoms with Crippen molar-refractivity contribution in [2.24, 2.45) is 0 Å². The minimum atomic E-state index is -0.0382. The number of amides is 1. The van der Waals surface area contributed by atoms with Gasteiger partial charge in [-0.25, -0.2) is 0 Å². The zero-order valence-electron chi connectivity index (χ0n) is 13.6. The van der Waals surface area contributed by atoms with Crippen LogP contribution in [-0.2, 0) is 11.3 Å². The summed E-state index contributed by atoms with van der Waals surface area (Å²) in [6.07, 6.45) is 0.842. The number of carbonyl (C=O) groups is 1. The first kappa shape index (κ1) is 17.3. The van der Waals surface area contributed by atoms with E-state index in [-0.39, 0.29) is 11.9 Å². The maximum Gasteiger partial charge on any atom is 0.237 e. The molecule has 0 saturated carbocycles. The summed E-state index contributed by atoms with van der Waals surface area (Å²) in [6.45, 7) is 8.55. The Morgan fingerprint density at radius 2 is 2.14 bits per heavy atom. The lowest BCUT2D eigenvalue weighted by molar-refractivity contribution is -0.125. The van der Waals surface area contributed by atoms with E-state index < -0.39 is 0 Å². The lowest BCUT2D eigenvalue weighted by Gasteiger charge is -2.27. The summed E-state index contributed by atoms with van der Waals surface area (Å²) >= 11 is 6.19. The Morgan fingerprint density at radius 1 is 1.41 bits per heavy atom. The lowest BCUT2D eigenvalue weighted by atomic mass is 10.1. The van der Waals surface area contributed by atoms with Gasteiger partial charge < -0.3 is 10.6 Å². The number of halogens is 1. The molecule has 5 heteroatoms. The normalized spacial score (nSPS) is 22.2. The summed E-state index contributed by atoms with van der Waals surface area (Å²) in [5.74, 6) is 0.137. The molecule has 0 aliphatic carbocycles. The summed E-state index contributed by atoms with van der Waals surface area (Å²) in [6, 6.07) is 8.51. The van der Waals surface area contributed by atoms with E-state index >= 15 is 0 Å². The van der Waals surface area contributed by atoms with Crippen molar-refractivity contribution < 1.29 is 4.79 Å². The van der Waals surface area contributed by atoms with E-state index in [1.807, 2.05) is 31.2 Å². The molecule has 1 aromatic carbocycles. The van der Waals surface area contributed by atoms with E-state index in [9.17, 15) is 4.79 Å². The standard InChI is InChI=1S/C17H26ClN3O/c1-4-19-17(22)16-9-14(11-21(16)12(2)3)20-10-13-7-5-6-8-15(13)18/h5-8,12,14,16,20H,4,9-11H2,1-3H3,(H,19,22)/t14-,16-/m0/s1. The highest BCUT2D eigenvalue weighted by molar-refractivity contribution is 6.31. The third-order valence-electron chi connectivity index (χ3n) is 4.20. The van der Waals surface area contributed by atoms with E-state index in [1.165, 1.54) is 0 Å². The Bertz CT molecular complexity index is 506. The van der Waals surface area contributed by atoms with Gasteiger partial charge in [-0.1, -0.05) is 29.8 Å². The molecule has 0 aromatic heterocycles. The van der Waals surface area contributed by atoms with Gasteiger partial charge in [0.15, 0.2) is 0 Å². The highest BCUT2D eigenvalue weighted by Crippen LogP contribution is 2.22. The lowest BCUT2D eigenvalue weighted by Crippen LogP contribution is -2.46. The van der Waals surface area contributed by atoms with Crippen molar-refractivity contribution in [1.29, 1.82) is 0 Å². The zero-order valence-corrected chi connectivity index (χ0v) is 14.4. The van der Waals surface area contributed by atoms with Crippen LogP contribution in [0.1, 0.15) is 32.8 Å². The highest BCUT2D eigenvalue weighted by Gasteiger charge is 2.37. The fraction of sp³-hybridized carbons (Fsp3) is 0.588.